The average molecular weight is 400 g/mol. The second kappa shape index (κ2) is 7.98. The number of aromatic nitrogens is 2. The lowest BCUT2D eigenvalue weighted by Gasteiger charge is -2.11. The fourth-order valence-electron chi connectivity index (χ4n) is 2.54. The van der Waals surface area contributed by atoms with Crippen LogP contribution in [0.4, 0.5) is 5.82 Å². The van der Waals surface area contributed by atoms with Crippen molar-refractivity contribution in [2.75, 3.05) is 12.4 Å². The van der Waals surface area contributed by atoms with Gasteiger partial charge in [-0.25, -0.2) is 4.68 Å². The van der Waals surface area contributed by atoms with Crippen molar-refractivity contribution in [2.24, 2.45) is 0 Å². The number of rotatable bonds is 6. The molecule has 0 saturated carbocycles. The van der Waals surface area contributed by atoms with Crippen LogP contribution in [0.25, 0.3) is 0 Å². The van der Waals surface area contributed by atoms with E-state index < -0.39 is 0 Å². The Morgan fingerprint density at radius 3 is 2.68 bits per heavy atom. The molecule has 0 unspecified atom stereocenters. The zero-order valence-corrected chi connectivity index (χ0v) is 15.4. The topological polar surface area (TPSA) is 56.1 Å². The highest BCUT2D eigenvalue weighted by atomic mass is 79.9. The van der Waals surface area contributed by atoms with Crippen molar-refractivity contribution in [3.63, 3.8) is 0 Å². The van der Waals surface area contributed by atoms with Crippen molar-refractivity contribution in [1.82, 2.24) is 9.78 Å². The number of hydrogen-bond acceptors (Lipinski definition) is 3. The number of halogens is 1. The van der Waals surface area contributed by atoms with Crippen LogP contribution in [0.15, 0.2) is 65.3 Å². The molecule has 0 bridgehead atoms. The summed E-state index contributed by atoms with van der Waals surface area (Å²) in [5.41, 5.74) is 1.95. The Balaban J connectivity index is 1.68. The number of hydrogen-bond donors (Lipinski definition) is 1. The molecule has 0 saturated heterocycles. The summed E-state index contributed by atoms with van der Waals surface area (Å²) in [6.45, 7) is 0.588. The molecule has 1 N–H and O–H groups in total. The molecule has 1 heterocycles. The summed E-state index contributed by atoms with van der Waals surface area (Å²) < 4.78 is 8.09. The molecule has 0 spiro atoms. The largest absolute Gasteiger partial charge is 0.496 e. The second-order valence-electron chi connectivity index (χ2n) is 5.54. The molecule has 1 amide bonds. The van der Waals surface area contributed by atoms with Crippen molar-refractivity contribution in [3.05, 3.63) is 76.4 Å². The van der Waals surface area contributed by atoms with Gasteiger partial charge in [0.15, 0.2) is 0 Å². The van der Waals surface area contributed by atoms with Crippen molar-refractivity contribution in [3.8, 4) is 5.75 Å². The molecule has 0 aliphatic carbocycles. The van der Waals surface area contributed by atoms with Gasteiger partial charge >= 0.3 is 0 Å². The molecule has 0 atom stereocenters. The van der Waals surface area contributed by atoms with Gasteiger partial charge in [-0.3, -0.25) is 4.79 Å². The van der Waals surface area contributed by atoms with E-state index in [1.165, 1.54) is 0 Å². The molecule has 2 aromatic carbocycles. The Bertz CT molecular complexity index is 859. The molecule has 3 rings (SSSR count). The number of amides is 1. The van der Waals surface area contributed by atoms with Gasteiger partial charge in [-0.05, 0) is 23.8 Å². The third kappa shape index (κ3) is 4.48. The smallest absolute Gasteiger partial charge is 0.230 e. The van der Waals surface area contributed by atoms with E-state index in [4.69, 9.17) is 4.74 Å². The van der Waals surface area contributed by atoms with Gasteiger partial charge in [-0.15, -0.1) is 0 Å². The number of benzene rings is 2. The minimum absolute atomic E-state index is 0.109. The standard InChI is InChI=1S/C19H18BrN3O2/c1-25-17-5-3-2-4-15(17)12-19(24)22-18-10-11-21-23(18)13-14-6-8-16(20)9-7-14/h2-11H,12-13H2,1H3,(H,22,24). The fraction of sp³-hybridized carbons (Fsp3) is 0.158. The van der Waals surface area contributed by atoms with E-state index in [-0.39, 0.29) is 12.3 Å². The van der Waals surface area contributed by atoms with E-state index in [0.29, 0.717) is 18.1 Å². The molecule has 128 valence electrons. The third-order valence-corrected chi connectivity index (χ3v) is 4.30. The minimum Gasteiger partial charge on any atom is -0.496 e. The number of methoxy groups -OCH3 is 1. The minimum atomic E-state index is -0.109. The predicted octanol–water partition coefficient (Wildman–Crippen LogP) is 3.88. The van der Waals surface area contributed by atoms with Crippen LogP contribution in [0.5, 0.6) is 5.75 Å². The molecule has 6 heteroatoms. The SMILES string of the molecule is COc1ccccc1CC(=O)Nc1ccnn1Cc1ccc(Br)cc1. The Labute approximate surface area is 154 Å². The number of ether oxygens (including phenoxy) is 1. The van der Waals surface area contributed by atoms with E-state index in [1.54, 1.807) is 24.1 Å². The van der Waals surface area contributed by atoms with Crippen LogP contribution in [-0.2, 0) is 17.8 Å². The van der Waals surface area contributed by atoms with Gasteiger partial charge in [0.25, 0.3) is 0 Å². The van der Waals surface area contributed by atoms with Gasteiger partial charge in [0.1, 0.15) is 11.6 Å². The summed E-state index contributed by atoms with van der Waals surface area (Å²) in [6.07, 6.45) is 1.92. The summed E-state index contributed by atoms with van der Waals surface area (Å²) in [6, 6.07) is 17.3. The molecular weight excluding hydrogens is 382 g/mol. The number of carbonyl (C=O) groups excluding carboxylic acids is 1. The van der Waals surface area contributed by atoms with Crippen LogP contribution in [-0.4, -0.2) is 22.8 Å². The molecule has 1 aromatic heterocycles. The lowest BCUT2D eigenvalue weighted by Crippen LogP contribution is -2.18. The summed E-state index contributed by atoms with van der Waals surface area (Å²) >= 11 is 3.42. The molecule has 0 radical (unpaired) electrons. The van der Waals surface area contributed by atoms with Crippen LogP contribution >= 0.6 is 15.9 Å². The molecule has 0 aliphatic rings. The van der Waals surface area contributed by atoms with Crippen LogP contribution in [0.1, 0.15) is 11.1 Å². The lowest BCUT2D eigenvalue weighted by atomic mass is 10.1. The first kappa shape index (κ1) is 17.2. The second-order valence-corrected chi connectivity index (χ2v) is 6.45. The monoisotopic (exact) mass is 399 g/mol. The van der Waals surface area contributed by atoms with Gasteiger partial charge in [-0.1, -0.05) is 46.3 Å². The zero-order valence-electron chi connectivity index (χ0n) is 13.8. The maximum absolute atomic E-state index is 12.4. The molecule has 5 nitrogen and oxygen atoms in total. The molecule has 0 aliphatic heterocycles. The van der Waals surface area contributed by atoms with Crippen molar-refractivity contribution in [1.29, 1.82) is 0 Å². The van der Waals surface area contributed by atoms with Gasteiger partial charge in [0, 0.05) is 16.1 Å². The molecule has 3 aromatic rings. The lowest BCUT2D eigenvalue weighted by molar-refractivity contribution is -0.115. The highest BCUT2D eigenvalue weighted by Gasteiger charge is 2.11. The van der Waals surface area contributed by atoms with Gasteiger partial charge in [-0.2, -0.15) is 5.10 Å². The van der Waals surface area contributed by atoms with Crippen molar-refractivity contribution >= 4 is 27.7 Å². The Kier molecular flexibility index (Phi) is 5.50. The maximum atomic E-state index is 12.4. The maximum Gasteiger partial charge on any atom is 0.230 e. The predicted molar refractivity (Wildman–Crippen MR) is 101 cm³/mol. The summed E-state index contributed by atoms with van der Waals surface area (Å²) in [5, 5.41) is 7.21. The highest BCUT2D eigenvalue weighted by molar-refractivity contribution is 9.10. The zero-order chi connectivity index (χ0) is 17.6. The number of anilines is 1. The van der Waals surface area contributed by atoms with E-state index in [9.17, 15) is 4.79 Å². The summed E-state index contributed by atoms with van der Waals surface area (Å²) in [5.74, 6) is 1.27. The first-order valence-corrected chi connectivity index (χ1v) is 8.63. The van der Waals surface area contributed by atoms with Crippen LogP contribution in [0, 0.1) is 0 Å². The van der Waals surface area contributed by atoms with E-state index in [1.807, 2.05) is 48.5 Å². The van der Waals surface area contributed by atoms with Crippen LogP contribution in [0.3, 0.4) is 0 Å². The van der Waals surface area contributed by atoms with Gasteiger partial charge < -0.3 is 10.1 Å². The molecule has 25 heavy (non-hydrogen) atoms. The first-order valence-electron chi connectivity index (χ1n) is 7.83. The number of nitrogens with one attached hydrogen (secondary N) is 1. The van der Waals surface area contributed by atoms with E-state index in [0.717, 1.165) is 15.6 Å². The number of nitrogens with zero attached hydrogens (tertiary/aromatic N) is 2. The van der Waals surface area contributed by atoms with E-state index in [2.05, 4.69) is 26.3 Å². The van der Waals surface area contributed by atoms with Gasteiger partial charge in [0.2, 0.25) is 5.91 Å². The van der Waals surface area contributed by atoms with Crippen molar-refractivity contribution < 1.29 is 9.53 Å². The number of carbonyl (C=O) groups is 1. The molecule has 0 fully saturated rings. The summed E-state index contributed by atoms with van der Waals surface area (Å²) in [7, 11) is 1.60. The Morgan fingerprint density at radius 2 is 1.92 bits per heavy atom. The average Bonchev–Trinajstić information content (AvgIpc) is 3.04. The first-order chi connectivity index (χ1) is 12.2. The fourth-order valence-corrected chi connectivity index (χ4v) is 2.80. The third-order valence-electron chi connectivity index (χ3n) is 3.77. The van der Waals surface area contributed by atoms with Crippen LogP contribution < -0.4 is 10.1 Å². The molecular formula is C19H18BrN3O2. The van der Waals surface area contributed by atoms with Crippen LogP contribution in [0.2, 0.25) is 0 Å². The highest BCUT2D eigenvalue weighted by Crippen LogP contribution is 2.19. The van der Waals surface area contributed by atoms with Gasteiger partial charge in [0.05, 0.1) is 26.3 Å². The Morgan fingerprint density at radius 1 is 1.16 bits per heavy atom. The van der Waals surface area contributed by atoms with Crippen molar-refractivity contribution in [2.45, 2.75) is 13.0 Å². The van der Waals surface area contributed by atoms with E-state index >= 15 is 0 Å². The summed E-state index contributed by atoms with van der Waals surface area (Å²) in [4.78, 5) is 12.4. The number of para-hydroxylation sites is 1. The quantitative estimate of drug-likeness (QED) is 0.683. The normalized spacial score (nSPS) is 10.5. The Hall–Kier alpha value is -2.60.